The summed E-state index contributed by atoms with van der Waals surface area (Å²) in [4.78, 5) is 16.2. The lowest BCUT2D eigenvalue weighted by molar-refractivity contribution is -0.134. The highest BCUT2D eigenvalue weighted by molar-refractivity contribution is 6.01. The number of carbonyl (C=O) groups excluding carboxylic acids is 1. The van der Waals surface area contributed by atoms with E-state index in [4.69, 9.17) is 10.5 Å². The van der Waals surface area contributed by atoms with Gasteiger partial charge in [-0.15, -0.1) is 0 Å². The van der Waals surface area contributed by atoms with Crippen molar-refractivity contribution >= 4 is 11.9 Å². The van der Waals surface area contributed by atoms with Crippen LogP contribution < -0.4 is 5.73 Å². The molecule has 0 aromatic rings. The van der Waals surface area contributed by atoms with Crippen molar-refractivity contribution in [3.05, 3.63) is 0 Å². The van der Waals surface area contributed by atoms with Crippen LogP contribution in [0.15, 0.2) is 4.99 Å². The summed E-state index contributed by atoms with van der Waals surface area (Å²) in [7, 11) is 1.68. The molecule has 0 aliphatic carbocycles. The number of carbonyl (C=O) groups is 1. The number of hydrogen-bond donors (Lipinski definition) is 1. The van der Waals surface area contributed by atoms with E-state index in [-0.39, 0.29) is 11.9 Å². The maximum Gasteiger partial charge on any atom is 0.299 e. The summed E-state index contributed by atoms with van der Waals surface area (Å²) in [5.74, 6) is -0.0930. The summed E-state index contributed by atoms with van der Waals surface area (Å²) in [5, 5.41) is 0. The van der Waals surface area contributed by atoms with Crippen molar-refractivity contribution in [2.24, 2.45) is 10.7 Å². The van der Waals surface area contributed by atoms with E-state index in [0.29, 0.717) is 6.61 Å². The molecule has 68 valence electrons. The van der Waals surface area contributed by atoms with Crippen molar-refractivity contribution in [3.63, 3.8) is 0 Å². The van der Waals surface area contributed by atoms with Gasteiger partial charge in [-0.2, -0.15) is 4.99 Å². The SMILES string of the molecule is CCCOC1C(=O)N=C(N)N1C. The summed E-state index contributed by atoms with van der Waals surface area (Å²) >= 11 is 0. The van der Waals surface area contributed by atoms with Crippen molar-refractivity contribution in [3.8, 4) is 0 Å². The van der Waals surface area contributed by atoms with E-state index in [9.17, 15) is 4.79 Å². The highest BCUT2D eigenvalue weighted by Crippen LogP contribution is 2.08. The number of guanidine groups is 1. The van der Waals surface area contributed by atoms with Gasteiger partial charge in [0.15, 0.2) is 0 Å². The molecule has 1 heterocycles. The molecule has 1 aliphatic heterocycles. The summed E-state index contributed by atoms with van der Waals surface area (Å²) in [5.41, 5.74) is 5.41. The molecule has 12 heavy (non-hydrogen) atoms. The molecule has 0 bridgehead atoms. The molecule has 0 saturated carbocycles. The van der Waals surface area contributed by atoms with Crippen LogP contribution in [0.3, 0.4) is 0 Å². The largest absolute Gasteiger partial charge is 0.369 e. The first kappa shape index (κ1) is 8.99. The molecule has 1 rings (SSSR count). The summed E-state index contributed by atoms with van der Waals surface area (Å²) < 4.78 is 5.23. The fourth-order valence-corrected chi connectivity index (χ4v) is 0.945. The molecule has 1 atom stereocenters. The molecule has 0 fully saturated rings. The zero-order chi connectivity index (χ0) is 9.14. The number of nitrogens with zero attached hydrogens (tertiary/aromatic N) is 2. The lowest BCUT2D eigenvalue weighted by Crippen LogP contribution is -2.40. The van der Waals surface area contributed by atoms with Gasteiger partial charge in [0.25, 0.3) is 5.91 Å². The number of rotatable bonds is 3. The molecular weight excluding hydrogens is 158 g/mol. The van der Waals surface area contributed by atoms with Gasteiger partial charge >= 0.3 is 0 Å². The molecule has 5 nitrogen and oxygen atoms in total. The minimum Gasteiger partial charge on any atom is -0.369 e. The van der Waals surface area contributed by atoms with Crippen LogP contribution in [0, 0.1) is 0 Å². The van der Waals surface area contributed by atoms with E-state index in [2.05, 4.69) is 4.99 Å². The second kappa shape index (κ2) is 3.53. The first-order chi connectivity index (χ1) is 5.66. The lowest BCUT2D eigenvalue weighted by atomic mass is 10.5. The van der Waals surface area contributed by atoms with Crippen molar-refractivity contribution in [1.82, 2.24) is 4.90 Å². The second-order valence-corrected chi connectivity index (χ2v) is 2.64. The minimum absolute atomic E-state index is 0.223. The Balaban J connectivity index is 2.52. The lowest BCUT2D eigenvalue weighted by Gasteiger charge is -2.19. The van der Waals surface area contributed by atoms with Gasteiger partial charge in [-0.3, -0.25) is 4.79 Å². The van der Waals surface area contributed by atoms with Crippen LogP contribution in [-0.4, -0.2) is 36.6 Å². The van der Waals surface area contributed by atoms with Crippen LogP contribution in [0.1, 0.15) is 13.3 Å². The molecule has 5 heteroatoms. The van der Waals surface area contributed by atoms with Crippen molar-refractivity contribution in [2.45, 2.75) is 19.6 Å². The standard InChI is InChI=1S/C7H13N3O2/c1-3-4-12-6-5(11)9-7(8)10(6)2/h6H,3-4H2,1-2H3,(H2,8,9,11). The van der Waals surface area contributed by atoms with Crippen molar-refractivity contribution < 1.29 is 9.53 Å². The van der Waals surface area contributed by atoms with E-state index < -0.39 is 6.23 Å². The number of ether oxygens (including phenoxy) is 1. The quantitative estimate of drug-likeness (QED) is 0.623. The van der Waals surface area contributed by atoms with E-state index >= 15 is 0 Å². The van der Waals surface area contributed by atoms with E-state index in [1.165, 1.54) is 4.90 Å². The van der Waals surface area contributed by atoms with Crippen LogP contribution in [0.5, 0.6) is 0 Å². The molecule has 0 aromatic carbocycles. The Morgan fingerprint density at radius 1 is 1.75 bits per heavy atom. The molecule has 0 aromatic heterocycles. The smallest absolute Gasteiger partial charge is 0.299 e. The molecule has 0 spiro atoms. The molecule has 1 unspecified atom stereocenters. The average Bonchev–Trinajstić information content (AvgIpc) is 2.25. The Morgan fingerprint density at radius 2 is 2.42 bits per heavy atom. The summed E-state index contributed by atoms with van der Waals surface area (Å²) in [6, 6.07) is 0. The highest BCUT2D eigenvalue weighted by Gasteiger charge is 2.31. The summed E-state index contributed by atoms with van der Waals surface area (Å²) in [6.07, 6.45) is 0.266. The van der Waals surface area contributed by atoms with Crippen LogP contribution in [0.25, 0.3) is 0 Å². The fraction of sp³-hybridized carbons (Fsp3) is 0.714. The third-order valence-corrected chi connectivity index (χ3v) is 1.63. The van der Waals surface area contributed by atoms with Gasteiger partial charge in [-0.25, -0.2) is 0 Å². The number of nitrogens with two attached hydrogens (primary N) is 1. The zero-order valence-corrected chi connectivity index (χ0v) is 7.28. The van der Waals surface area contributed by atoms with Crippen molar-refractivity contribution in [1.29, 1.82) is 0 Å². The van der Waals surface area contributed by atoms with Crippen LogP contribution in [0.4, 0.5) is 0 Å². The number of amides is 1. The van der Waals surface area contributed by atoms with Gasteiger partial charge in [0, 0.05) is 13.7 Å². The molecule has 1 amide bonds. The summed E-state index contributed by atoms with van der Waals surface area (Å²) in [6.45, 7) is 2.52. The second-order valence-electron chi connectivity index (χ2n) is 2.64. The van der Waals surface area contributed by atoms with E-state index in [0.717, 1.165) is 6.42 Å². The third kappa shape index (κ3) is 1.55. The van der Waals surface area contributed by atoms with E-state index in [1.807, 2.05) is 6.92 Å². The van der Waals surface area contributed by atoms with Gasteiger partial charge in [0.2, 0.25) is 12.2 Å². The Labute approximate surface area is 71.2 Å². The Hall–Kier alpha value is -1.10. The average molecular weight is 171 g/mol. The van der Waals surface area contributed by atoms with Crippen molar-refractivity contribution in [2.75, 3.05) is 13.7 Å². The Kier molecular flexibility index (Phi) is 2.65. The maximum atomic E-state index is 11.1. The Bertz CT molecular complexity index is 215. The topological polar surface area (TPSA) is 67.9 Å². The molecule has 0 saturated heterocycles. The Morgan fingerprint density at radius 3 is 2.83 bits per heavy atom. The molecule has 0 radical (unpaired) electrons. The highest BCUT2D eigenvalue weighted by atomic mass is 16.5. The van der Waals surface area contributed by atoms with Gasteiger partial charge in [0.1, 0.15) is 0 Å². The number of aliphatic imine (C=N–C) groups is 1. The van der Waals surface area contributed by atoms with Gasteiger partial charge in [0.05, 0.1) is 0 Å². The minimum atomic E-state index is -0.607. The van der Waals surface area contributed by atoms with Gasteiger partial charge in [-0.1, -0.05) is 6.92 Å². The normalized spacial score (nSPS) is 23.2. The monoisotopic (exact) mass is 171 g/mol. The van der Waals surface area contributed by atoms with Gasteiger partial charge in [-0.05, 0) is 6.42 Å². The maximum absolute atomic E-state index is 11.1. The fourth-order valence-electron chi connectivity index (χ4n) is 0.945. The predicted molar refractivity (Wildman–Crippen MR) is 44.4 cm³/mol. The molecule has 2 N–H and O–H groups in total. The molecule has 1 aliphatic rings. The molecular formula is C7H13N3O2. The van der Waals surface area contributed by atoms with Crippen LogP contribution in [0.2, 0.25) is 0 Å². The number of likely N-dealkylation sites (N-methyl/N-ethyl adjacent to an activating group) is 1. The first-order valence-electron chi connectivity index (χ1n) is 3.89. The zero-order valence-electron chi connectivity index (χ0n) is 7.28. The van der Waals surface area contributed by atoms with Crippen LogP contribution >= 0.6 is 0 Å². The predicted octanol–water partition coefficient (Wildman–Crippen LogP) is -0.474. The third-order valence-electron chi connectivity index (χ3n) is 1.63. The van der Waals surface area contributed by atoms with Gasteiger partial charge < -0.3 is 15.4 Å². The first-order valence-corrected chi connectivity index (χ1v) is 3.89. The van der Waals surface area contributed by atoms with E-state index in [1.54, 1.807) is 7.05 Å². The van der Waals surface area contributed by atoms with Crippen LogP contribution in [-0.2, 0) is 9.53 Å². The number of hydrogen-bond acceptors (Lipinski definition) is 4.